The van der Waals surface area contributed by atoms with Crippen LogP contribution in [-0.2, 0) is 13.0 Å². The second-order valence-electron chi connectivity index (χ2n) is 3.76. The second-order valence-corrected chi connectivity index (χ2v) is 4.15. The average molecular weight is 236 g/mol. The predicted molar refractivity (Wildman–Crippen MR) is 64.5 cm³/mol. The number of halogens is 1. The number of aromatic amines is 1. The first-order valence-electron chi connectivity index (χ1n) is 5.16. The van der Waals surface area contributed by atoms with Crippen molar-refractivity contribution in [3.05, 3.63) is 52.3 Å². The number of aromatic nitrogens is 2. The van der Waals surface area contributed by atoms with Gasteiger partial charge in [-0.2, -0.15) is 0 Å². The first-order valence-corrected chi connectivity index (χ1v) is 5.57. The van der Waals surface area contributed by atoms with E-state index in [2.05, 4.69) is 4.98 Å². The summed E-state index contributed by atoms with van der Waals surface area (Å²) in [4.78, 5) is 3.00. The van der Waals surface area contributed by atoms with Gasteiger partial charge < -0.3 is 9.55 Å². The molecule has 0 atom stereocenters. The van der Waals surface area contributed by atoms with Gasteiger partial charge in [0.2, 0.25) is 0 Å². The molecule has 2 rings (SSSR count). The fourth-order valence-corrected chi connectivity index (χ4v) is 1.95. The Hall–Kier alpha value is -1.42. The first kappa shape index (κ1) is 11.1. The summed E-state index contributed by atoms with van der Waals surface area (Å²) in [5, 5.41) is 0. The van der Waals surface area contributed by atoms with Crippen LogP contribution >= 0.6 is 12.2 Å². The SMILES string of the molecule is Cc1c[nH]c(=S)n1CCc1ccc(F)cc1. The van der Waals surface area contributed by atoms with Gasteiger partial charge >= 0.3 is 0 Å². The Labute approximate surface area is 98.7 Å². The minimum absolute atomic E-state index is 0.196. The Balaban J connectivity index is 2.08. The fourth-order valence-electron chi connectivity index (χ4n) is 1.65. The molecule has 0 aliphatic rings. The van der Waals surface area contributed by atoms with Crippen LogP contribution in [0.3, 0.4) is 0 Å². The molecule has 0 bridgehead atoms. The molecule has 0 saturated carbocycles. The van der Waals surface area contributed by atoms with Crippen molar-refractivity contribution in [1.82, 2.24) is 9.55 Å². The lowest BCUT2D eigenvalue weighted by Gasteiger charge is -2.05. The lowest BCUT2D eigenvalue weighted by molar-refractivity contribution is 0.624. The van der Waals surface area contributed by atoms with Crippen LogP contribution in [0.25, 0.3) is 0 Å². The molecule has 0 spiro atoms. The highest BCUT2D eigenvalue weighted by Gasteiger charge is 2.00. The minimum atomic E-state index is -0.196. The lowest BCUT2D eigenvalue weighted by atomic mass is 10.1. The van der Waals surface area contributed by atoms with Gasteiger partial charge in [-0.05, 0) is 43.3 Å². The molecule has 0 aliphatic heterocycles. The zero-order valence-electron chi connectivity index (χ0n) is 9.03. The Bertz CT molecular complexity index is 525. The topological polar surface area (TPSA) is 20.7 Å². The van der Waals surface area contributed by atoms with Crippen LogP contribution in [0.5, 0.6) is 0 Å². The monoisotopic (exact) mass is 236 g/mol. The maximum Gasteiger partial charge on any atom is 0.177 e. The standard InChI is InChI=1S/C12H13FN2S/c1-9-8-14-12(16)15(9)7-6-10-2-4-11(13)5-3-10/h2-5,8H,6-7H2,1H3,(H,14,16). The normalized spacial score (nSPS) is 10.6. The third kappa shape index (κ3) is 2.39. The molecule has 0 fully saturated rings. The average Bonchev–Trinajstić information content (AvgIpc) is 2.59. The summed E-state index contributed by atoms with van der Waals surface area (Å²) in [6.07, 6.45) is 2.75. The van der Waals surface area contributed by atoms with E-state index in [-0.39, 0.29) is 5.82 Å². The molecule has 2 nitrogen and oxygen atoms in total. The van der Waals surface area contributed by atoms with Gasteiger partial charge in [0.05, 0.1) is 0 Å². The van der Waals surface area contributed by atoms with E-state index in [4.69, 9.17) is 12.2 Å². The summed E-state index contributed by atoms with van der Waals surface area (Å²) < 4.78 is 15.5. The van der Waals surface area contributed by atoms with Crippen molar-refractivity contribution in [2.24, 2.45) is 0 Å². The van der Waals surface area contributed by atoms with Crippen molar-refractivity contribution < 1.29 is 4.39 Å². The third-order valence-corrected chi connectivity index (χ3v) is 2.95. The Kier molecular flexibility index (Phi) is 3.19. The summed E-state index contributed by atoms with van der Waals surface area (Å²) >= 11 is 5.16. The van der Waals surface area contributed by atoms with Crippen molar-refractivity contribution in [2.45, 2.75) is 19.9 Å². The molecule has 1 heterocycles. The van der Waals surface area contributed by atoms with Crippen LogP contribution in [0.4, 0.5) is 4.39 Å². The Morgan fingerprint density at radius 2 is 2.00 bits per heavy atom. The van der Waals surface area contributed by atoms with E-state index < -0.39 is 0 Å². The smallest absolute Gasteiger partial charge is 0.177 e. The van der Waals surface area contributed by atoms with Crippen LogP contribution < -0.4 is 0 Å². The number of nitrogens with one attached hydrogen (secondary N) is 1. The van der Waals surface area contributed by atoms with Gasteiger partial charge in [0.25, 0.3) is 0 Å². The van der Waals surface area contributed by atoms with Crippen LogP contribution in [0.2, 0.25) is 0 Å². The number of hydrogen-bond donors (Lipinski definition) is 1. The van der Waals surface area contributed by atoms with Crippen LogP contribution in [0, 0.1) is 17.5 Å². The summed E-state index contributed by atoms with van der Waals surface area (Å²) in [5.41, 5.74) is 2.23. The van der Waals surface area contributed by atoms with Crippen molar-refractivity contribution in [3.8, 4) is 0 Å². The molecule has 0 aliphatic carbocycles. The Morgan fingerprint density at radius 3 is 2.56 bits per heavy atom. The quantitative estimate of drug-likeness (QED) is 0.811. The molecular formula is C12H13FN2S. The van der Waals surface area contributed by atoms with Crippen molar-refractivity contribution in [3.63, 3.8) is 0 Å². The first-order chi connectivity index (χ1) is 7.66. The summed E-state index contributed by atoms with van der Waals surface area (Å²) in [6.45, 7) is 2.83. The molecule has 16 heavy (non-hydrogen) atoms. The predicted octanol–water partition coefficient (Wildman–Crippen LogP) is 3.24. The third-order valence-electron chi connectivity index (χ3n) is 2.61. The van der Waals surface area contributed by atoms with Crippen LogP contribution in [-0.4, -0.2) is 9.55 Å². The van der Waals surface area contributed by atoms with E-state index in [1.807, 2.05) is 17.7 Å². The summed E-state index contributed by atoms with van der Waals surface area (Å²) in [5.74, 6) is -0.196. The molecule has 1 aromatic heterocycles. The van der Waals surface area contributed by atoms with Gasteiger partial charge in [-0.1, -0.05) is 12.1 Å². The molecule has 0 saturated heterocycles. The number of benzene rings is 1. The van der Waals surface area contributed by atoms with Gasteiger partial charge in [-0.3, -0.25) is 0 Å². The fraction of sp³-hybridized carbons (Fsp3) is 0.250. The van der Waals surface area contributed by atoms with Gasteiger partial charge in [-0.15, -0.1) is 0 Å². The number of hydrogen-bond acceptors (Lipinski definition) is 1. The van der Waals surface area contributed by atoms with E-state index in [1.165, 1.54) is 12.1 Å². The van der Waals surface area contributed by atoms with E-state index >= 15 is 0 Å². The number of rotatable bonds is 3. The molecule has 1 N–H and O–H groups in total. The van der Waals surface area contributed by atoms with Crippen molar-refractivity contribution >= 4 is 12.2 Å². The van der Waals surface area contributed by atoms with Crippen LogP contribution in [0.1, 0.15) is 11.3 Å². The molecule has 0 unspecified atom stereocenters. The van der Waals surface area contributed by atoms with E-state index in [9.17, 15) is 4.39 Å². The molecule has 1 aromatic carbocycles. The minimum Gasteiger partial charge on any atom is -0.337 e. The number of imidazole rings is 1. The highest BCUT2D eigenvalue weighted by atomic mass is 32.1. The maximum atomic E-state index is 12.7. The maximum absolute atomic E-state index is 12.7. The second kappa shape index (κ2) is 4.61. The molecule has 2 aromatic rings. The Morgan fingerprint density at radius 1 is 1.31 bits per heavy atom. The van der Waals surface area contributed by atoms with Gasteiger partial charge in [0.1, 0.15) is 5.82 Å². The number of H-pyrrole nitrogens is 1. The van der Waals surface area contributed by atoms with Crippen molar-refractivity contribution in [1.29, 1.82) is 0 Å². The van der Waals surface area contributed by atoms with Gasteiger partial charge in [-0.25, -0.2) is 4.39 Å². The molecule has 4 heteroatoms. The van der Waals surface area contributed by atoms with Crippen molar-refractivity contribution in [2.75, 3.05) is 0 Å². The lowest BCUT2D eigenvalue weighted by Crippen LogP contribution is -2.03. The van der Waals surface area contributed by atoms with E-state index in [0.29, 0.717) is 0 Å². The van der Waals surface area contributed by atoms with Gasteiger partial charge in [0, 0.05) is 18.4 Å². The molecule has 0 amide bonds. The zero-order chi connectivity index (χ0) is 11.5. The number of aryl methyl sites for hydroxylation is 2. The zero-order valence-corrected chi connectivity index (χ0v) is 9.85. The largest absolute Gasteiger partial charge is 0.337 e. The summed E-state index contributed by atoms with van der Waals surface area (Å²) in [6, 6.07) is 6.58. The van der Waals surface area contributed by atoms with Gasteiger partial charge in [0.15, 0.2) is 4.77 Å². The van der Waals surface area contributed by atoms with Crippen LogP contribution in [0.15, 0.2) is 30.5 Å². The number of nitrogens with zero attached hydrogens (tertiary/aromatic N) is 1. The molecular weight excluding hydrogens is 223 g/mol. The summed E-state index contributed by atoms with van der Waals surface area (Å²) in [7, 11) is 0. The highest BCUT2D eigenvalue weighted by Crippen LogP contribution is 2.07. The van der Waals surface area contributed by atoms with E-state index in [1.54, 1.807) is 12.1 Å². The molecule has 84 valence electrons. The highest BCUT2D eigenvalue weighted by molar-refractivity contribution is 7.71. The van der Waals surface area contributed by atoms with E-state index in [0.717, 1.165) is 29.0 Å². The molecule has 0 radical (unpaired) electrons.